The molecule has 10 heteroatoms. The number of likely N-dealkylation sites (tertiary alicyclic amines) is 1. The summed E-state index contributed by atoms with van der Waals surface area (Å²) in [6.45, 7) is 3.95. The second-order valence-corrected chi connectivity index (χ2v) is 10.6. The molecule has 1 unspecified atom stereocenters. The van der Waals surface area contributed by atoms with Crippen molar-refractivity contribution in [3.8, 4) is 0 Å². The van der Waals surface area contributed by atoms with Crippen molar-refractivity contribution in [2.24, 2.45) is 5.41 Å². The molecule has 0 bridgehead atoms. The molecule has 1 aromatic heterocycles. The van der Waals surface area contributed by atoms with Gasteiger partial charge >= 0.3 is 6.03 Å². The van der Waals surface area contributed by atoms with Crippen molar-refractivity contribution in [2.45, 2.75) is 43.7 Å². The van der Waals surface area contributed by atoms with E-state index < -0.39 is 6.04 Å². The number of halogens is 1. The van der Waals surface area contributed by atoms with Crippen molar-refractivity contribution in [1.82, 2.24) is 34.8 Å². The summed E-state index contributed by atoms with van der Waals surface area (Å²) in [5, 5.41) is 7.40. The lowest BCUT2D eigenvalue weighted by molar-refractivity contribution is -0.127. The summed E-state index contributed by atoms with van der Waals surface area (Å²) in [5.41, 5.74) is 0.993. The van der Waals surface area contributed by atoms with Crippen molar-refractivity contribution in [1.29, 1.82) is 0 Å². The monoisotopic (exact) mass is 481 g/mol. The standard InChI is InChI=1S/C25H32FN7O2/c1-27-23(34)21(17-4-6-19(26)7-5-17)30-8-10-31(11-9-30)24(35)32-14-25(15-32)12-20(13-25)33-16-28-22(29-33)18-2-3-18/h4-7,16,18,20-21H,2-3,8-15H2,1H3,(H,27,34). The van der Waals surface area contributed by atoms with Crippen molar-refractivity contribution in [3.63, 3.8) is 0 Å². The quantitative estimate of drug-likeness (QED) is 0.707. The number of benzene rings is 1. The van der Waals surface area contributed by atoms with Gasteiger partial charge in [-0.3, -0.25) is 9.69 Å². The number of hydrogen-bond donors (Lipinski definition) is 1. The molecule has 2 aliphatic heterocycles. The molecule has 4 fully saturated rings. The Hall–Kier alpha value is -3.01. The number of aromatic nitrogens is 3. The molecule has 6 rings (SSSR count). The molecule has 1 spiro atoms. The first kappa shape index (κ1) is 22.5. The van der Waals surface area contributed by atoms with E-state index in [2.05, 4.69) is 20.3 Å². The van der Waals surface area contributed by atoms with Crippen molar-refractivity contribution in [2.75, 3.05) is 46.3 Å². The van der Waals surface area contributed by atoms with E-state index in [0.717, 1.165) is 37.3 Å². The Morgan fingerprint density at radius 3 is 2.37 bits per heavy atom. The van der Waals surface area contributed by atoms with E-state index in [4.69, 9.17) is 0 Å². The SMILES string of the molecule is CNC(=O)C(c1ccc(F)cc1)N1CCN(C(=O)N2CC3(CC(n4cnc(C5CC5)n4)C3)C2)CC1. The van der Waals surface area contributed by atoms with Crippen LogP contribution in [0.3, 0.4) is 0 Å². The van der Waals surface area contributed by atoms with Gasteiger partial charge in [-0.05, 0) is 43.4 Å². The number of carbonyl (C=O) groups excluding carboxylic acids is 2. The Bertz CT molecular complexity index is 1090. The Kier molecular flexibility index (Phi) is 5.51. The minimum atomic E-state index is -0.491. The molecule has 1 N–H and O–H groups in total. The van der Waals surface area contributed by atoms with E-state index in [1.807, 2.05) is 20.8 Å². The topological polar surface area (TPSA) is 86.6 Å². The summed E-state index contributed by atoms with van der Waals surface area (Å²) in [5.74, 6) is 1.12. The number of nitrogens with one attached hydrogen (secondary N) is 1. The fourth-order valence-corrected chi connectivity index (χ4v) is 5.96. The van der Waals surface area contributed by atoms with Crippen LogP contribution in [0.5, 0.6) is 0 Å². The number of hydrogen-bond acceptors (Lipinski definition) is 5. The summed E-state index contributed by atoms with van der Waals surface area (Å²) in [4.78, 5) is 36.1. The van der Waals surface area contributed by atoms with Crippen LogP contribution in [0.25, 0.3) is 0 Å². The van der Waals surface area contributed by atoms with Gasteiger partial charge in [-0.2, -0.15) is 5.10 Å². The smallest absolute Gasteiger partial charge is 0.320 e. The van der Waals surface area contributed by atoms with Crippen molar-refractivity contribution < 1.29 is 14.0 Å². The maximum Gasteiger partial charge on any atom is 0.320 e. The van der Waals surface area contributed by atoms with Gasteiger partial charge in [-0.1, -0.05) is 12.1 Å². The molecule has 186 valence electrons. The summed E-state index contributed by atoms with van der Waals surface area (Å²) in [6.07, 6.45) is 6.42. The van der Waals surface area contributed by atoms with Crippen LogP contribution in [-0.4, -0.2) is 87.7 Å². The molecule has 4 aliphatic rings. The predicted molar refractivity (Wildman–Crippen MR) is 126 cm³/mol. The van der Waals surface area contributed by atoms with Crippen LogP contribution in [0, 0.1) is 11.2 Å². The summed E-state index contributed by atoms with van der Waals surface area (Å²) < 4.78 is 15.4. The molecule has 0 radical (unpaired) electrons. The fraction of sp³-hybridized carbons (Fsp3) is 0.600. The molecule has 3 amide bonds. The Morgan fingerprint density at radius 1 is 1.06 bits per heavy atom. The molecular weight excluding hydrogens is 449 g/mol. The maximum absolute atomic E-state index is 13.4. The van der Waals surface area contributed by atoms with Gasteiger partial charge in [0.05, 0.1) is 6.04 Å². The zero-order chi connectivity index (χ0) is 24.2. The first-order chi connectivity index (χ1) is 16.9. The van der Waals surface area contributed by atoms with Gasteiger partial charge < -0.3 is 15.1 Å². The zero-order valence-corrected chi connectivity index (χ0v) is 20.1. The normalized spacial score (nSPS) is 23.0. The molecule has 2 saturated heterocycles. The second-order valence-electron chi connectivity index (χ2n) is 10.6. The predicted octanol–water partition coefficient (Wildman–Crippen LogP) is 2.16. The van der Waals surface area contributed by atoms with Gasteiger partial charge in [-0.15, -0.1) is 0 Å². The van der Waals surface area contributed by atoms with Crippen LogP contribution in [0.2, 0.25) is 0 Å². The molecular formula is C25H32FN7O2. The average molecular weight is 482 g/mol. The molecule has 2 aromatic rings. The Labute approximate surface area is 204 Å². The maximum atomic E-state index is 13.4. The third-order valence-electron chi connectivity index (χ3n) is 8.13. The minimum Gasteiger partial charge on any atom is -0.358 e. The van der Waals surface area contributed by atoms with Crippen LogP contribution >= 0.6 is 0 Å². The third-order valence-corrected chi connectivity index (χ3v) is 8.13. The Balaban J connectivity index is 0.999. The molecule has 9 nitrogen and oxygen atoms in total. The molecule has 1 atom stereocenters. The summed E-state index contributed by atoms with van der Waals surface area (Å²) in [7, 11) is 1.61. The lowest BCUT2D eigenvalue weighted by atomic mass is 9.61. The lowest BCUT2D eigenvalue weighted by Crippen LogP contribution is -2.67. The van der Waals surface area contributed by atoms with E-state index in [9.17, 15) is 14.0 Å². The number of carbonyl (C=O) groups is 2. The highest BCUT2D eigenvalue weighted by Gasteiger charge is 2.55. The summed E-state index contributed by atoms with van der Waals surface area (Å²) in [6, 6.07) is 6.08. The van der Waals surface area contributed by atoms with E-state index in [1.54, 1.807) is 19.2 Å². The highest BCUT2D eigenvalue weighted by Crippen LogP contribution is 2.54. The van der Waals surface area contributed by atoms with Crippen molar-refractivity contribution >= 4 is 11.9 Å². The summed E-state index contributed by atoms with van der Waals surface area (Å²) >= 11 is 0. The highest BCUT2D eigenvalue weighted by molar-refractivity contribution is 5.83. The average Bonchev–Trinajstić information content (AvgIpc) is 3.56. The van der Waals surface area contributed by atoms with Crippen molar-refractivity contribution in [3.05, 3.63) is 47.8 Å². The largest absolute Gasteiger partial charge is 0.358 e. The van der Waals surface area contributed by atoms with Gasteiger partial charge in [-0.25, -0.2) is 18.9 Å². The minimum absolute atomic E-state index is 0.0915. The highest BCUT2D eigenvalue weighted by atomic mass is 19.1. The van der Waals surface area contributed by atoms with Gasteiger partial charge in [0.2, 0.25) is 5.91 Å². The molecule has 35 heavy (non-hydrogen) atoms. The van der Waals surface area contributed by atoms with E-state index in [1.165, 1.54) is 25.0 Å². The first-order valence-corrected chi connectivity index (χ1v) is 12.6. The molecule has 2 saturated carbocycles. The van der Waals surface area contributed by atoms with Crippen LogP contribution in [-0.2, 0) is 4.79 Å². The van der Waals surface area contributed by atoms with Gasteiger partial charge in [0.15, 0.2) is 5.82 Å². The third kappa shape index (κ3) is 4.17. The molecule has 1 aromatic carbocycles. The van der Waals surface area contributed by atoms with E-state index in [-0.39, 0.29) is 23.2 Å². The zero-order valence-electron chi connectivity index (χ0n) is 20.1. The fourth-order valence-electron chi connectivity index (χ4n) is 5.96. The van der Waals surface area contributed by atoms with Crippen LogP contribution < -0.4 is 5.32 Å². The lowest BCUT2D eigenvalue weighted by Gasteiger charge is -2.59. The molecule has 2 aliphatic carbocycles. The van der Waals surface area contributed by atoms with Crippen LogP contribution in [0.4, 0.5) is 9.18 Å². The number of amides is 3. The number of rotatable bonds is 5. The van der Waals surface area contributed by atoms with E-state index >= 15 is 0 Å². The number of nitrogens with zero attached hydrogens (tertiary/aromatic N) is 6. The van der Waals surface area contributed by atoms with Gasteiger partial charge in [0.25, 0.3) is 0 Å². The molecule has 3 heterocycles. The number of likely N-dealkylation sites (N-methyl/N-ethyl adjacent to an activating group) is 1. The van der Waals surface area contributed by atoms with E-state index in [0.29, 0.717) is 38.1 Å². The second kappa shape index (κ2) is 8.58. The van der Waals surface area contributed by atoms with Crippen LogP contribution in [0.15, 0.2) is 30.6 Å². The Morgan fingerprint density at radius 2 is 1.74 bits per heavy atom. The first-order valence-electron chi connectivity index (χ1n) is 12.6. The number of urea groups is 1. The number of piperazine rings is 1. The van der Waals surface area contributed by atoms with Gasteiger partial charge in [0.1, 0.15) is 18.2 Å². The van der Waals surface area contributed by atoms with Gasteiger partial charge in [0, 0.05) is 57.6 Å². The van der Waals surface area contributed by atoms with Crippen LogP contribution in [0.1, 0.15) is 55.1 Å².